The standard InChI is InChI=1S/C17H19N3O3/c21-14-4-1-3-11-5-6-13(16(11)14)17(22)18-10-12-9-15-20(19-12)7-2-8-23-15/h1,3-4,9,13,21H,2,5-8,10H2,(H,18,22)/t13-/m1/s1. The largest absolute Gasteiger partial charge is 0.508 e. The number of nitrogens with one attached hydrogen (secondary N) is 1. The van der Waals surface area contributed by atoms with Gasteiger partial charge in [-0.05, 0) is 24.5 Å². The first-order valence-electron chi connectivity index (χ1n) is 8.00. The van der Waals surface area contributed by atoms with Crippen molar-refractivity contribution >= 4 is 5.91 Å². The Hall–Kier alpha value is -2.50. The third kappa shape index (κ3) is 2.54. The van der Waals surface area contributed by atoms with Crippen LogP contribution in [0, 0.1) is 0 Å². The Bertz CT molecular complexity index is 730. The summed E-state index contributed by atoms with van der Waals surface area (Å²) in [4.78, 5) is 12.5. The van der Waals surface area contributed by atoms with Crippen molar-refractivity contribution in [2.24, 2.45) is 0 Å². The van der Waals surface area contributed by atoms with E-state index in [0.29, 0.717) is 6.54 Å². The number of hydrogen-bond donors (Lipinski definition) is 2. The number of fused-ring (bicyclic) bond motifs is 2. The van der Waals surface area contributed by atoms with Crippen molar-refractivity contribution in [3.05, 3.63) is 41.1 Å². The van der Waals surface area contributed by atoms with Gasteiger partial charge in [-0.3, -0.25) is 4.79 Å². The van der Waals surface area contributed by atoms with Crippen LogP contribution in [0.4, 0.5) is 0 Å². The summed E-state index contributed by atoms with van der Waals surface area (Å²) in [5.74, 6) is 0.646. The van der Waals surface area contributed by atoms with Crippen LogP contribution >= 0.6 is 0 Å². The molecular formula is C17H19N3O3. The van der Waals surface area contributed by atoms with Gasteiger partial charge in [-0.1, -0.05) is 12.1 Å². The van der Waals surface area contributed by atoms with Gasteiger partial charge in [-0.15, -0.1) is 0 Å². The molecular weight excluding hydrogens is 294 g/mol. The Morgan fingerprint density at radius 2 is 2.39 bits per heavy atom. The minimum atomic E-state index is -0.278. The lowest BCUT2D eigenvalue weighted by Crippen LogP contribution is -2.28. The fourth-order valence-corrected chi connectivity index (χ4v) is 3.43. The maximum Gasteiger partial charge on any atom is 0.228 e. The number of ether oxygens (including phenoxy) is 1. The molecule has 2 aliphatic rings. The lowest BCUT2D eigenvalue weighted by atomic mass is 9.99. The van der Waals surface area contributed by atoms with Gasteiger partial charge in [0.05, 0.1) is 24.8 Å². The highest BCUT2D eigenvalue weighted by atomic mass is 16.5. The molecule has 0 fully saturated rings. The zero-order chi connectivity index (χ0) is 15.8. The van der Waals surface area contributed by atoms with Crippen LogP contribution in [-0.4, -0.2) is 27.4 Å². The molecule has 0 saturated carbocycles. The van der Waals surface area contributed by atoms with Gasteiger partial charge in [0.15, 0.2) is 0 Å². The van der Waals surface area contributed by atoms with E-state index in [0.717, 1.165) is 55.1 Å². The number of aromatic nitrogens is 2. The van der Waals surface area contributed by atoms with Crippen molar-refractivity contribution in [1.82, 2.24) is 15.1 Å². The molecule has 23 heavy (non-hydrogen) atoms. The van der Waals surface area contributed by atoms with Crippen LogP contribution in [0.1, 0.15) is 35.6 Å². The molecule has 0 radical (unpaired) electrons. The molecule has 0 unspecified atom stereocenters. The van der Waals surface area contributed by atoms with Gasteiger partial charge < -0.3 is 15.2 Å². The van der Waals surface area contributed by atoms with Gasteiger partial charge in [-0.25, -0.2) is 4.68 Å². The highest BCUT2D eigenvalue weighted by molar-refractivity contribution is 5.85. The number of aryl methyl sites for hydroxylation is 2. The smallest absolute Gasteiger partial charge is 0.228 e. The highest BCUT2D eigenvalue weighted by Crippen LogP contribution is 2.38. The normalized spacial score (nSPS) is 18.9. The lowest BCUT2D eigenvalue weighted by Gasteiger charge is -2.13. The van der Waals surface area contributed by atoms with E-state index in [1.807, 2.05) is 22.9 Å². The molecule has 0 bridgehead atoms. The first kappa shape index (κ1) is 14.1. The summed E-state index contributed by atoms with van der Waals surface area (Å²) < 4.78 is 7.36. The number of phenols is 1. The van der Waals surface area contributed by atoms with Crippen molar-refractivity contribution in [3.63, 3.8) is 0 Å². The Morgan fingerprint density at radius 1 is 1.48 bits per heavy atom. The second kappa shape index (κ2) is 5.61. The first-order chi connectivity index (χ1) is 11.2. The Labute approximate surface area is 134 Å². The number of phenolic OH excluding ortho intramolecular Hbond substituents is 1. The highest BCUT2D eigenvalue weighted by Gasteiger charge is 2.31. The first-order valence-corrected chi connectivity index (χ1v) is 8.00. The van der Waals surface area contributed by atoms with Gasteiger partial charge in [0, 0.05) is 24.6 Å². The van der Waals surface area contributed by atoms with Crippen LogP contribution in [0.5, 0.6) is 11.6 Å². The summed E-state index contributed by atoms with van der Waals surface area (Å²) in [6.07, 6.45) is 2.52. The van der Waals surface area contributed by atoms with E-state index in [1.165, 1.54) is 0 Å². The molecule has 0 saturated heterocycles. The van der Waals surface area contributed by atoms with E-state index < -0.39 is 0 Å². The van der Waals surface area contributed by atoms with Gasteiger partial charge in [0.1, 0.15) is 5.75 Å². The van der Waals surface area contributed by atoms with Crippen LogP contribution in [0.15, 0.2) is 24.3 Å². The molecule has 1 amide bonds. The molecule has 0 spiro atoms. The summed E-state index contributed by atoms with van der Waals surface area (Å²) in [6, 6.07) is 7.32. The average Bonchev–Trinajstić information content (AvgIpc) is 3.17. The Kier molecular flexibility index (Phi) is 3.44. The maximum atomic E-state index is 12.5. The SMILES string of the molecule is O=C(NCc1cc2n(n1)CCCO2)[C@@H]1CCc2cccc(O)c21. The minimum Gasteiger partial charge on any atom is -0.508 e. The fourth-order valence-electron chi connectivity index (χ4n) is 3.43. The van der Waals surface area contributed by atoms with E-state index in [9.17, 15) is 9.90 Å². The van der Waals surface area contributed by atoms with Crippen molar-refractivity contribution in [3.8, 4) is 11.6 Å². The van der Waals surface area contributed by atoms with Crippen LogP contribution in [0.3, 0.4) is 0 Å². The number of amides is 1. The summed E-state index contributed by atoms with van der Waals surface area (Å²) in [6.45, 7) is 1.95. The number of nitrogens with zero attached hydrogens (tertiary/aromatic N) is 2. The number of carbonyl (C=O) groups excluding carboxylic acids is 1. The molecule has 6 nitrogen and oxygen atoms in total. The lowest BCUT2D eigenvalue weighted by molar-refractivity contribution is -0.122. The van der Waals surface area contributed by atoms with E-state index in [1.54, 1.807) is 6.07 Å². The topological polar surface area (TPSA) is 76.4 Å². The molecule has 1 aliphatic heterocycles. The molecule has 6 heteroatoms. The molecule has 1 aromatic heterocycles. The number of aromatic hydroxyl groups is 1. The summed E-state index contributed by atoms with van der Waals surface area (Å²) >= 11 is 0. The number of benzene rings is 1. The van der Waals surface area contributed by atoms with Crippen LogP contribution < -0.4 is 10.1 Å². The average molecular weight is 313 g/mol. The van der Waals surface area contributed by atoms with E-state index in [-0.39, 0.29) is 17.6 Å². The monoisotopic (exact) mass is 313 g/mol. The van der Waals surface area contributed by atoms with Crippen LogP contribution in [0.2, 0.25) is 0 Å². The molecule has 2 aromatic rings. The second-order valence-electron chi connectivity index (χ2n) is 6.06. The molecule has 2 N–H and O–H groups in total. The fraction of sp³-hybridized carbons (Fsp3) is 0.412. The Morgan fingerprint density at radius 3 is 3.26 bits per heavy atom. The number of carbonyl (C=O) groups is 1. The predicted molar refractivity (Wildman–Crippen MR) is 83.4 cm³/mol. The van der Waals surface area contributed by atoms with E-state index in [4.69, 9.17) is 4.74 Å². The van der Waals surface area contributed by atoms with Crippen molar-refractivity contribution in [2.75, 3.05) is 6.61 Å². The maximum absolute atomic E-state index is 12.5. The summed E-state index contributed by atoms with van der Waals surface area (Å²) in [5.41, 5.74) is 2.64. The number of rotatable bonds is 3. The van der Waals surface area contributed by atoms with E-state index in [2.05, 4.69) is 10.4 Å². The zero-order valence-corrected chi connectivity index (χ0v) is 12.8. The van der Waals surface area contributed by atoms with Crippen LogP contribution in [0.25, 0.3) is 0 Å². The Balaban J connectivity index is 1.45. The van der Waals surface area contributed by atoms with Crippen molar-refractivity contribution in [1.29, 1.82) is 0 Å². The van der Waals surface area contributed by atoms with Gasteiger partial charge in [0.2, 0.25) is 11.8 Å². The van der Waals surface area contributed by atoms with Gasteiger partial charge in [0.25, 0.3) is 0 Å². The van der Waals surface area contributed by atoms with Crippen molar-refractivity contribution < 1.29 is 14.6 Å². The zero-order valence-electron chi connectivity index (χ0n) is 12.8. The third-order valence-corrected chi connectivity index (χ3v) is 4.54. The summed E-state index contributed by atoms with van der Waals surface area (Å²) in [5, 5.41) is 17.4. The molecule has 1 atom stereocenters. The minimum absolute atomic E-state index is 0.0582. The van der Waals surface area contributed by atoms with E-state index >= 15 is 0 Å². The van der Waals surface area contributed by atoms with Crippen LogP contribution in [-0.2, 0) is 24.3 Å². The second-order valence-corrected chi connectivity index (χ2v) is 6.06. The quantitative estimate of drug-likeness (QED) is 0.904. The predicted octanol–water partition coefficient (Wildman–Crippen LogP) is 1.72. The summed E-state index contributed by atoms with van der Waals surface area (Å²) in [7, 11) is 0. The molecule has 4 rings (SSSR count). The third-order valence-electron chi connectivity index (χ3n) is 4.54. The van der Waals surface area contributed by atoms with Crippen molar-refractivity contribution in [2.45, 2.75) is 38.3 Å². The van der Waals surface area contributed by atoms with Gasteiger partial charge in [-0.2, -0.15) is 5.10 Å². The molecule has 2 heterocycles. The number of hydrogen-bond acceptors (Lipinski definition) is 4. The van der Waals surface area contributed by atoms with Gasteiger partial charge >= 0.3 is 0 Å². The molecule has 120 valence electrons. The molecule has 1 aromatic carbocycles. The molecule has 1 aliphatic carbocycles.